The Balaban J connectivity index is 1.92. The molecule has 0 amide bonds. The van der Waals surface area contributed by atoms with Crippen LogP contribution in [0.25, 0.3) is 16.9 Å². The van der Waals surface area contributed by atoms with Crippen LogP contribution in [0.4, 0.5) is 19.0 Å². The quantitative estimate of drug-likeness (QED) is 0.593. The Morgan fingerprint density at radius 3 is 2.64 bits per heavy atom. The SMILES string of the molecule is Cc1ccc(C)c(-n2nc(-c3cccc(C(F)(F)F)c3)c3c2NCCCC3)c1. The molecule has 0 aliphatic carbocycles. The summed E-state index contributed by atoms with van der Waals surface area (Å²) in [5.41, 5.74) is 4.58. The summed E-state index contributed by atoms with van der Waals surface area (Å²) in [5, 5.41) is 8.24. The Morgan fingerprint density at radius 2 is 1.86 bits per heavy atom. The van der Waals surface area contributed by atoms with Crippen molar-refractivity contribution in [1.29, 1.82) is 0 Å². The van der Waals surface area contributed by atoms with Crippen LogP contribution < -0.4 is 5.32 Å². The number of anilines is 1. The van der Waals surface area contributed by atoms with Crippen LogP contribution in [0, 0.1) is 13.8 Å². The van der Waals surface area contributed by atoms with Crippen LogP contribution in [-0.2, 0) is 12.6 Å². The first-order valence-corrected chi connectivity index (χ1v) is 9.45. The van der Waals surface area contributed by atoms with Gasteiger partial charge in [-0.3, -0.25) is 0 Å². The lowest BCUT2D eigenvalue weighted by atomic mass is 10.0. The van der Waals surface area contributed by atoms with Crippen LogP contribution in [0.3, 0.4) is 0 Å². The highest BCUT2D eigenvalue weighted by atomic mass is 19.4. The van der Waals surface area contributed by atoms with Crippen LogP contribution in [0.15, 0.2) is 42.5 Å². The Morgan fingerprint density at radius 1 is 1.04 bits per heavy atom. The lowest BCUT2D eigenvalue weighted by Gasteiger charge is -2.12. The molecule has 1 N–H and O–H groups in total. The molecule has 2 heterocycles. The average molecular weight is 385 g/mol. The van der Waals surface area contributed by atoms with Crippen molar-refractivity contribution < 1.29 is 13.2 Å². The second-order valence-corrected chi connectivity index (χ2v) is 7.34. The monoisotopic (exact) mass is 385 g/mol. The van der Waals surface area contributed by atoms with Gasteiger partial charge in [-0.05, 0) is 62.4 Å². The zero-order valence-electron chi connectivity index (χ0n) is 15.9. The van der Waals surface area contributed by atoms with Gasteiger partial charge in [0.25, 0.3) is 0 Å². The molecule has 6 heteroatoms. The lowest BCUT2D eigenvalue weighted by molar-refractivity contribution is -0.137. The molecule has 2 aromatic carbocycles. The van der Waals surface area contributed by atoms with Crippen LogP contribution in [-0.4, -0.2) is 16.3 Å². The molecule has 0 radical (unpaired) electrons. The minimum Gasteiger partial charge on any atom is -0.370 e. The number of benzene rings is 2. The molecule has 0 fully saturated rings. The van der Waals surface area contributed by atoms with E-state index < -0.39 is 11.7 Å². The van der Waals surface area contributed by atoms with Gasteiger partial charge < -0.3 is 5.32 Å². The van der Waals surface area contributed by atoms with E-state index in [-0.39, 0.29) is 0 Å². The van der Waals surface area contributed by atoms with Crippen molar-refractivity contribution in [2.75, 3.05) is 11.9 Å². The highest BCUT2D eigenvalue weighted by Gasteiger charge is 2.31. The number of hydrogen-bond donors (Lipinski definition) is 1. The van der Waals surface area contributed by atoms with Gasteiger partial charge >= 0.3 is 6.18 Å². The van der Waals surface area contributed by atoms with Crippen molar-refractivity contribution in [3.8, 4) is 16.9 Å². The van der Waals surface area contributed by atoms with Crippen molar-refractivity contribution in [2.45, 2.75) is 39.3 Å². The summed E-state index contributed by atoms with van der Waals surface area (Å²) in [6.07, 6.45) is -1.59. The predicted octanol–water partition coefficient (Wildman–Crippen LogP) is 5.92. The molecule has 3 nitrogen and oxygen atoms in total. The summed E-state index contributed by atoms with van der Waals surface area (Å²) >= 11 is 0. The number of aromatic nitrogens is 2. The number of hydrogen-bond acceptors (Lipinski definition) is 2. The fourth-order valence-corrected chi connectivity index (χ4v) is 3.70. The molecule has 0 unspecified atom stereocenters. The van der Waals surface area contributed by atoms with Gasteiger partial charge in [0.1, 0.15) is 5.82 Å². The number of alkyl halides is 3. The molecule has 0 saturated carbocycles. The van der Waals surface area contributed by atoms with Crippen LogP contribution in [0.5, 0.6) is 0 Å². The number of rotatable bonds is 2. The van der Waals surface area contributed by atoms with E-state index in [1.54, 1.807) is 6.07 Å². The van der Waals surface area contributed by atoms with Gasteiger partial charge in [-0.2, -0.15) is 18.3 Å². The van der Waals surface area contributed by atoms with E-state index in [9.17, 15) is 13.2 Å². The maximum atomic E-state index is 13.2. The maximum absolute atomic E-state index is 13.2. The van der Waals surface area contributed by atoms with E-state index in [4.69, 9.17) is 5.10 Å². The summed E-state index contributed by atoms with van der Waals surface area (Å²) in [4.78, 5) is 0. The van der Waals surface area contributed by atoms with Gasteiger partial charge in [0, 0.05) is 17.7 Å². The number of aryl methyl sites for hydroxylation is 2. The topological polar surface area (TPSA) is 29.9 Å². The number of halogens is 3. The fourth-order valence-electron chi connectivity index (χ4n) is 3.70. The molecular formula is C22H22F3N3. The summed E-state index contributed by atoms with van der Waals surface area (Å²) in [7, 11) is 0. The van der Waals surface area contributed by atoms with Gasteiger partial charge in [-0.25, -0.2) is 4.68 Å². The van der Waals surface area contributed by atoms with Gasteiger partial charge in [0.2, 0.25) is 0 Å². The van der Waals surface area contributed by atoms with Crippen molar-refractivity contribution >= 4 is 5.82 Å². The lowest BCUT2D eigenvalue weighted by Crippen LogP contribution is -2.08. The van der Waals surface area contributed by atoms with Crippen molar-refractivity contribution in [3.05, 3.63) is 64.7 Å². The van der Waals surface area contributed by atoms with E-state index in [0.717, 1.165) is 60.1 Å². The van der Waals surface area contributed by atoms with E-state index in [0.29, 0.717) is 11.3 Å². The van der Waals surface area contributed by atoms with Crippen molar-refractivity contribution in [3.63, 3.8) is 0 Å². The Labute approximate surface area is 162 Å². The Hall–Kier alpha value is -2.76. The molecular weight excluding hydrogens is 363 g/mol. The molecule has 3 aromatic rings. The molecule has 4 rings (SSSR count). The molecule has 0 spiro atoms. The summed E-state index contributed by atoms with van der Waals surface area (Å²) in [6, 6.07) is 11.6. The van der Waals surface area contributed by atoms with Gasteiger partial charge in [-0.15, -0.1) is 0 Å². The average Bonchev–Trinajstić information content (AvgIpc) is 2.84. The molecule has 146 valence electrons. The minimum absolute atomic E-state index is 0.499. The molecule has 28 heavy (non-hydrogen) atoms. The summed E-state index contributed by atoms with van der Waals surface area (Å²) in [5.74, 6) is 0.888. The van der Waals surface area contributed by atoms with Crippen molar-refractivity contribution in [1.82, 2.24) is 9.78 Å². The first-order chi connectivity index (χ1) is 13.3. The third-order valence-corrected chi connectivity index (χ3v) is 5.19. The van der Waals surface area contributed by atoms with Gasteiger partial charge in [0.05, 0.1) is 16.9 Å². The molecule has 1 aromatic heterocycles. The second kappa shape index (κ2) is 7.00. The largest absolute Gasteiger partial charge is 0.416 e. The van der Waals surface area contributed by atoms with Crippen molar-refractivity contribution in [2.24, 2.45) is 0 Å². The molecule has 0 atom stereocenters. The highest BCUT2D eigenvalue weighted by molar-refractivity contribution is 5.72. The molecule has 1 aliphatic rings. The van der Waals surface area contributed by atoms with Crippen LogP contribution in [0.2, 0.25) is 0 Å². The number of nitrogens with one attached hydrogen (secondary N) is 1. The maximum Gasteiger partial charge on any atom is 0.416 e. The first-order valence-electron chi connectivity index (χ1n) is 9.45. The first kappa shape index (κ1) is 18.6. The third kappa shape index (κ3) is 3.39. The number of nitrogens with zero attached hydrogens (tertiary/aromatic N) is 2. The predicted molar refractivity (Wildman–Crippen MR) is 105 cm³/mol. The standard InChI is InChI=1S/C22H22F3N3/c1-14-9-10-15(2)19(12-14)28-21-18(8-3-4-11-26-21)20(27-28)16-6-5-7-17(13-16)22(23,24)25/h5-7,9-10,12-13,26H,3-4,8,11H2,1-2H3. The molecule has 1 aliphatic heterocycles. The van der Waals surface area contributed by atoms with E-state index in [1.807, 2.05) is 30.7 Å². The molecule has 0 bridgehead atoms. The zero-order chi connectivity index (χ0) is 19.9. The molecule has 0 saturated heterocycles. The Kier molecular flexibility index (Phi) is 4.65. The zero-order valence-corrected chi connectivity index (χ0v) is 15.9. The highest BCUT2D eigenvalue weighted by Crippen LogP contribution is 2.37. The smallest absolute Gasteiger partial charge is 0.370 e. The van der Waals surface area contributed by atoms with E-state index >= 15 is 0 Å². The second-order valence-electron chi connectivity index (χ2n) is 7.34. The normalized spacial score (nSPS) is 14.3. The van der Waals surface area contributed by atoms with Crippen LogP contribution in [0.1, 0.15) is 35.1 Å². The van der Waals surface area contributed by atoms with E-state index in [2.05, 4.69) is 11.4 Å². The van der Waals surface area contributed by atoms with Gasteiger partial charge in [-0.1, -0.05) is 24.3 Å². The minimum atomic E-state index is -4.37. The Bertz CT molecular complexity index is 1020. The van der Waals surface area contributed by atoms with Gasteiger partial charge in [0.15, 0.2) is 0 Å². The summed E-state index contributed by atoms with van der Waals surface area (Å²) in [6.45, 7) is 4.86. The number of fused-ring (bicyclic) bond motifs is 1. The van der Waals surface area contributed by atoms with E-state index in [1.165, 1.54) is 12.1 Å². The van der Waals surface area contributed by atoms with Crippen LogP contribution >= 0.6 is 0 Å². The third-order valence-electron chi connectivity index (χ3n) is 5.19. The summed E-state index contributed by atoms with van der Waals surface area (Å²) < 4.78 is 41.5. The fraction of sp³-hybridized carbons (Fsp3) is 0.318.